The van der Waals surface area contributed by atoms with Crippen LogP contribution in [0.4, 0.5) is 8.78 Å². The number of nitrogens with two attached hydrogens (primary N) is 1. The predicted molar refractivity (Wildman–Crippen MR) is 77.0 cm³/mol. The fraction of sp³-hybridized carbons (Fsp3) is 0.500. The van der Waals surface area contributed by atoms with Crippen molar-refractivity contribution in [2.45, 2.75) is 32.6 Å². The molecule has 0 saturated heterocycles. The summed E-state index contributed by atoms with van der Waals surface area (Å²) >= 11 is 0. The first-order chi connectivity index (χ1) is 10.2. The van der Waals surface area contributed by atoms with Gasteiger partial charge in [-0.05, 0) is 18.9 Å². The van der Waals surface area contributed by atoms with Crippen LogP contribution in [0.15, 0.2) is 10.6 Å². The van der Waals surface area contributed by atoms with Gasteiger partial charge in [0.2, 0.25) is 0 Å². The number of nitrogens with one attached hydrogen (secondary N) is 1. The minimum absolute atomic E-state index is 0.00258. The Kier molecular flexibility index (Phi) is 4.41. The number of aryl methyl sites for hydroxylation is 1. The van der Waals surface area contributed by atoms with Crippen LogP contribution in [0.25, 0.3) is 11.1 Å². The van der Waals surface area contributed by atoms with Crippen molar-refractivity contribution < 1.29 is 18.1 Å². The second kappa shape index (κ2) is 5.96. The number of pyridine rings is 1. The van der Waals surface area contributed by atoms with Gasteiger partial charge >= 0.3 is 0 Å². The minimum Gasteiger partial charge on any atom is -0.346 e. The monoisotopic (exact) mass is 312 g/mol. The average molecular weight is 312 g/mol. The molecule has 0 spiro atoms. The first kappa shape index (κ1) is 16.3. The van der Waals surface area contributed by atoms with E-state index in [9.17, 15) is 13.6 Å². The fourth-order valence-electron chi connectivity index (χ4n) is 2.05. The molecule has 22 heavy (non-hydrogen) atoms. The zero-order chi connectivity index (χ0) is 16.5. The molecule has 6 nitrogen and oxygen atoms in total. The Morgan fingerprint density at radius 2 is 2.18 bits per heavy atom. The van der Waals surface area contributed by atoms with Crippen LogP contribution in [-0.2, 0) is 0 Å². The van der Waals surface area contributed by atoms with Crippen LogP contribution in [0, 0.1) is 6.92 Å². The van der Waals surface area contributed by atoms with Gasteiger partial charge in [-0.2, -0.15) is 0 Å². The normalized spacial score (nSPS) is 12.1. The maximum absolute atomic E-state index is 13.2. The Morgan fingerprint density at radius 1 is 1.50 bits per heavy atom. The van der Waals surface area contributed by atoms with Crippen molar-refractivity contribution in [1.29, 1.82) is 0 Å². The summed E-state index contributed by atoms with van der Waals surface area (Å²) in [7, 11) is 0. The third-order valence-corrected chi connectivity index (χ3v) is 3.20. The molecule has 0 unspecified atom stereocenters. The second-order valence-corrected chi connectivity index (χ2v) is 5.46. The Labute approximate surface area is 126 Å². The quantitative estimate of drug-likeness (QED) is 0.880. The molecule has 0 aromatic carbocycles. The zero-order valence-electron chi connectivity index (χ0n) is 12.6. The molecule has 1 amide bonds. The number of aromatic nitrogens is 2. The van der Waals surface area contributed by atoms with E-state index in [2.05, 4.69) is 15.5 Å². The maximum Gasteiger partial charge on any atom is 0.277 e. The molecule has 8 heteroatoms. The number of alkyl halides is 2. The number of hydrogen-bond donors (Lipinski definition) is 2. The summed E-state index contributed by atoms with van der Waals surface area (Å²) in [6.07, 6.45) is 0. The van der Waals surface area contributed by atoms with Crippen molar-refractivity contribution in [3.8, 4) is 0 Å². The van der Waals surface area contributed by atoms with E-state index in [1.165, 1.54) is 6.07 Å². The van der Waals surface area contributed by atoms with Crippen molar-refractivity contribution in [3.05, 3.63) is 23.0 Å². The van der Waals surface area contributed by atoms with Gasteiger partial charge in [0.25, 0.3) is 17.5 Å². The van der Waals surface area contributed by atoms with E-state index < -0.39 is 24.9 Å². The highest BCUT2D eigenvalue weighted by Gasteiger charge is 2.28. The molecule has 0 saturated carbocycles. The fourth-order valence-corrected chi connectivity index (χ4v) is 2.05. The summed E-state index contributed by atoms with van der Waals surface area (Å²) in [5.74, 6) is -3.77. The summed E-state index contributed by atoms with van der Waals surface area (Å²) in [6.45, 7) is 3.81. The number of fused-ring (bicyclic) bond motifs is 1. The van der Waals surface area contributed by atoms with E-state index in [0.29, 0.717) is 16.8 Å². The Balaban J connectivity index is 2.41. The van der Waals surface area contributed by atoms with Crippen LogP contribution in [-0.4, -0.2) is 35.1 Å². The molecule has 0 aliphatic heterocycles. The highest BCUT2D eigenvalue weighted by Crippen LogP contribution is 2.27. The number of nitrogens with zero attached hydrogens (tertiary/aromatic N) is 2. The van der Waals surface area contributed by atoms with Crippen LogP contribution in [0.2, 0.25) is 0 Å². The molecule has 120 valence electrons. The highest BCUT2D eigenvalue weighted by atomic mass is 19.3. The molecule has 0 atom stereocenters. The van der Waals surface area contributed by atoms with E-state index in [0.717, 1.165) is 0 Å². The Morgan fingerprint density at radius 3 is 2.77 bits per heavy atom. The number of hydrogen-bond acceptors (Lipinski definition) is 5. The third-order valence-electron chi connectivity index (χ3n) is 3.20. The topological polar surface area (TPSA) is 94.0 Å². The van der Waals surface area contributed by atoms with Gasteiger partial charge in [-0.3, -0.25) is 4.79 Å². The lowest BCUT2D eigenvalue weighted by Crippen LogP contribution is -2.41. The molecule has 0 bridgehead atoms. The van der Waals surface area contributed by atoms with Gasteiger partial charge < -0.3 is 15.6 Å². The number of carbonyl (C=O) groups excluding carboxylic acids is 1. The molecule has 0 aliphatic carbocycles. The van der Waals surface area contributed by atoms with Gasteiger partial charge in [0, 0.05) is 5.69 Å². The van der Waals surface area contributed by atoms with Crippen LogP contribution in [0.3, 0.4) is 0 Å². The highest BCUT2D eigenvalue weighted by molar-refractivity contribution is 6.06. The van der Waals surface area contributed by atoms with Crippen LogP contribution >= 0.6 is 0 Å². The molecule has 2 aromatic rings. The van der Waals surface area contributed by atoms with Crippen molar-refractivity contribution in [3.63, 3.8) is 0 Å². The lowest BCUT2D eigenvalue weighted by atomic mass is 10.0. The maximum atomic E-state index is 13.2. The molecule has 2 heterocycles. The van der Waals surface area contributed by atoms with Gasteiger partial charge in [-0.1, -0.05) is 19.0 Å². The van der Waals surface area contributed by atoms with Crippen LogP contribution < -0.4 is 11.1 Å². The summed E-state index contributed by atoms with van der Waals surface area (Å²) in [4.78, 5) is 16.4. The molecule has 2 aromatic heterocycles. The van der Waals surface area contributed by atoms with E-state index in [-0.39, 0.29) is 17.2 Å². The zero-order valence-corrected chi connectivity index (χ0v) is 12.6. The largest absolute Gasteiger partial charge is 0.346 e. The predicted octanol–water partition coefficient (Wildman–Crippen LogP) is 1.98. The first-order valence-electron chi connectivity index (χ1n) is 6.88. The smallest absolute Gasteiger partial charge is 0.277 e. The molecule has 0 radical (unpaired) electrons. The van der Waals surface area contributed by atoms with Gasteiger partial charge in [0.1, 0.15) is 0 Å². The summed E-state index contributed by atoms with van der Waals surface area (Å²) < 4.78 is 31.5. The second-order valence-electron chi connectivity index (χ2n) is 5.46. The SMILES string of the molecule is Cc1cc(C(=O)NCC(F)(F)CN)c2c(C(C)C)noc2n1. The van der Waals surface area contributed by atoms with Crippen molar-refractivity contribution >= 4 is 17.0 Å². The summed E-state index contributed by atoms with van der Waals surface area (Å²) in [5.41, 5.74) is 6.51. The van der Waals surface area contributed by atoms with Gasteiger partial charge in [-0.25, -0.2) is 13.8 Å². The lowest BCUT2D eigenvalue weighted by molar-refractivity contribution is 0.0119. The summed E-state index contributed by atoms with van der Waals surface area (Å²) in [6, 6.07) is 1.53. The van der Waals surface area contributed by atoms with Crippen molar-refractivity contribution in [2.24, 2.45) is 5.73 Å². The number of carbonyl (C=O) groups is 1. The standard InChI is InChI=1S/C14H18F2N4O2/c1-7(2)11-10-9(4-8(3)19-13(10)22-20-11)12(21)18-6-14(15,16)5-17/h4,7H,5-6,17H2,1-3H3,(H,18,21). The number of halogens is 2. The minimum atomic E-state index is -3.15. The van der Waals surface area contributed by atoms with Gasteiger partial charge in [0.05, 0.1) is 29.7 Å². The number of amides is 1. The first-order valence-corrected chi connectivity index (χ1v) is 6.88. The van der Waals surface area contributed by atoms with E-state index in [1.807, 2.05) is 13.8 Å². The van der Waals surface area contributed by atoms with Crippen molar-refractivity contribution in [2.75, 3.05) is 13.1 Å². The Hall–Kier alpha value is -2.09. The van der Waals surface area contributed by atoms with Gasteiger partial charge in [-0.15, -0.1) is 0 Å². The molecule has 2 rings (SSSR count). The lowest BCUT2D eigenvalue weighted by Gasteiger charge is -2.15. The number of rotatable bonds is 5. The molecule has 0 fully saturated rings. The van der Waals surface area contributed by atoms with Crippen molar-refractivity contribution in [1.82, 2.24) is 15.5 Å². The van der Waals surface area contributed by atoms with E-state index in [1.54, 1.807) is 6.92 Å². The summed E-state index contributed by atoms with van der Waals surface area (Å²) in [5, 5.41) is 6.57. The third kappa shape index (κ3) is 3.22. The molecule has 3 N–H and O–H groups in total. The van der Waals surface area contributed by atoms with Crippen LogP contribution in [0.1, 0.15) is 41.5 Å². The Bertz CT molecular complexity index is 697. The molecular weight excluding hydrogens is 294 g/mol. The molecular formula is C14H18F2N4O2. The van der Waals surface area contributed by atoms with Crippen LogP contribution in [0.5, 0.6) is 0 Å². The van der Waals surface area contributed by atoms with Gasteiger partial charge in [0.15, 0.2) is 0 Å². The van der Waals surface area contributed by atoms with E-state index >= 15 is 0 Å². The van der Waals surface area contributed by atoms with E-state index in [4.69, 9.17) is 10.3 Å². The molecule has 0 aliphatic rings. The average Bonchev–Trinajstić information content (AvgIpc) is 2.87.